The van der Waals surface area contributed by atoms with Crippen LogP contribution in [0.1, 0.15) is 48.5 Å². The molecule has 0 aliphatic carbocycles. The van der Waals surface area contributed by atoms with E-state index in [1.807, 2.05) is 26.8 Å². The molecule has 0 saturated heterocycles. The van der Waals surface area contributed by atoms with Crippen molar-refractivity contribution >= 4 is 5.97 Å². The minimum atomic E-state index is -0.492. The van der Waals surface area contributed by atoms with Crippen molar-refractivity contribution in [2.75, 3.05) is 6.61 Å². The Kier molecular flexibility index (Phi) is 3.74. The summed E-state index contributed by atoms with van der Waals surface area (Å²) in [6.07, 6.45) is 1.56. The zero-order valence-electron chi connectivity index (χ0n) is 11.5. The van der Waals surface area contributed by atoms with Crippen LogP contribution in [0.5, 0.6) is 0 Å². The fourth-order valence-corrected chi connectivity index (χ4v) is 1.76. The molecule has 0 saturated carbocycles. The monoisotopic (exact) mass is 263 g/mol. The molecule has 0 radical (unpaired) electrons. The number of hydrogen-bond donors (Lipinski definition) is 0. The largest absolute Gasteiger partial charge is 0.460 e. The molecular weight excluding hydrogens is 246 g/mol. The third kappa shape index (κ3) is 2.54. The lowest BCUT2D eigenvalue weighted by atomic mass is 10.1. The first-order valence-electron chi connectivity index (χ1n) is 6.26. The average Bonchev–Trinajstić information content (AvgIpc) is 2.94. The fourth-order valence-electron chi connectivity index (χ4n) is 1.76. The number of aromatic nitrogens is 1. The van der Waals surface area contributed by atoms with Gasteiger partial charge in [0.1, 0.15) is 0 Å². The van der Waals surface area contributed by atoms with Crippen molar-refractivity contribution < 1.29 is 18.4 Å². The van der Waals surface area contributed by atoms with E-state index in [0.29, 0.717) is 24.0 Å². The van der Waals surface area contributed by atoms with Crippen molar-refractivity contribution in [3.05, 3.63) is 29.3 Å². The van der Waals surface area contributed by atoms with Crippen molar-refractivity contribution in [2.45, 2.75) is 33.6 Å². The summed E-state index contributed by atoms with van der Waals surface area (Å²) in [5, 5.41) is 0. The van der Waals surface area contributed by atoms with E-state index in [1.54, 1.807) is 13.2 Å². The van der Waals surface area contributed by atoms with Crippen molar-refractivity contribution in [3.8, 4) is 11.7 Å². The molecule has 0 atom stereocenters. The van der Waals surface area contributed by atoms with Crippen LogP contribution >= 0.6 is 0 Å². The van der Waals surface area contributed by atoms with E-state index in [4.69, 9.17) is 13.6 Å². The molecule has 19 heavy (non-hydrogen) atoms. The summed E-state index contributed by atoms with van der Waals surface area (Å²) < 4.78 is 15.8. The van der Waals surface area contributed by atoms with Gasteiger partial charge in [-0.25, -0.2) is 9.78 Å². The maximum absolute atomic E-state index is 11.9. The normalized spacial score (nSPS) is 11.0. The lowest BCUT2D eigenvalue weighted by Gasteiger charge is -2.02. The second kappa shape index (κ2) is 5.30. The summed E-state index contributed by atoms with van der Waals surface area (Å²) >= 11 is 0. The average molecular weight is 263 g/mol. The van der Waals surface area contributed by atoms with Gasteiger partial charge >= 0.3 is 5.97 Å². The Labute approximate surface area is 111 Å². The van der Waals surface area contributed by atoms with Gasteiger partial charge in [-0.15, -0.1) is 0 Å². The highest BCUT2D eigenvalue weighted by molar-refractivity contribution is 5.88. The molecule has 2 aromatic heterocycles. The summed E-state index contributed by atoms with van der Waals surface area (Å²) in [5.41, 5.74) is 1.50. The van der Waals surface area contributed by atoms with Crippen LogP contribution in [0.25, 0.3) is 11.7 Å². The zero-order chi connectivity index (χ0) is 14.0. The van der Waals surface area contributed by atoms with Gasteiger partial charge in [-0.05, 0) is 25.8 Å². The lowest BCUT2D eigenvalue weighted by molar-refractivity contribution is 0.0488. The van der Waals surface area contributed by atoms with E-state index in [2.05, 4.69) is 4.98 Å². The quantitative estimate of drug-likeness (QED) is 0.789. The third-order valence-electron chi connectivity index (χ3n) is 2.72. The molecule has 5 heteroatoms. The van der Waals surface area contributed by atoms with Crippen molar-refractivity contribution in [1.82, 2.24) is 4.98 Å². The topological polar surface area (TPSA) is 65.5 Å². The van der Waals surface area contributed by atoms with Crippen LogP contribution in [0.2, 0.25) is 0 Å². The third-order valence-corrected chi connectivity index (χ3v) is 2.72. The SMILES string of the molecule is CCOC(=O)c1oc(-c2occc2C)nc1C(C)C. The minimum absolute atomic E-state index is 0.0622. The van der Waals surface area contributed by atoms with Gasteiger partial charge < -0.3 is 13.6 Å². The molecule has 2 heterocycles. The summed E-state index contributed by atoms with van der Waals surface area (Å²) in [6.45, 7) is 7.83. The van der Waals surface area contributed by atoms with Crippen LogP contribution in [-0.2, 0) is 4.74 Å². The van der Waals surface area contributed by atoms with Gasteiger partial charge in [0.25, 0.3) is 5.89 Å². The number of hydrogen-bond acceptors (Lipinski definition) is 5. The maximum Gasteiger partial charge on any atom is 0.376 e. The second-order valence-corrected chi connectivity index (χ2v) is 4.54. The predicted octanol–water partition coefficient (Wildman–Crippen LogP) is 3.54. The number of aryl methyl sites for hydroxylation is 1. The second-order valence-electron chi connectivity index (χ2n) is 4.54. The van der Waals surface area contributed by atoms with Crippen LogP contribution in [0.3, 0.4) is 0 Å². The summed E-state index contributed by atoms with van der Waals surface area (Å²) in [7, 11) is 0. The van der Waals surface area contributed by atoms with Crippen LogP contribution in [0.15, 0.2) is 21.2 Å². The van der Waals surface area contributed by atoms with Gasteiger partial charge in [0.2, 0.25) is 5.76 Å². The molecule has 0 aliphatic rings. The number of oxazole rings is 1. The highest BCUT2D eigenvalue weighted by Crippen LogP contribution is 2.29. The lowest BCUT2D eigenvalue weighted by Crippen LogP contribution is -2.07. The van der Waals surface area contributed by atoms with Crippen LogP contribution in [-0.4, -0.2) is 17.6 Å². The fraction of sp³-hybridized carbons (Fsp3) is 0.429. The van der Waals surface area contributed by atoms with Crippen LogP contribution in [0.4, 0.5) is 0 Å². The Morgan fingerprint density at radius 3 is 2.74 bits per heavy atom. The van der Waals surface area contributed by atoms with Crippen molar-refractivity contribution in [3.63, 3.8) is 0 Å². The molecule has 102 valence electrons. The Morgan fingerprint density at radius 2 is 2.21 bits per heavy atom. The van der Waals surface area contributed by atoms with Gasteiger partial charge in [0, 0.05) is 5.56 Å². The number of furan rings is 1. The van der Waals surface area contributed by atoms with Gasteiger partial charge in [0.05, 0.1) is 18.6 Å². The molecule has 0 amide bonds. The van der Waals surface area contributed by atoms with E-state index in [9.17, 15) is 4.79 Å². The maximum atomic E-state index is 11.9. The first kappa shape index (κ1) is 13.4. The highest BCUT2D eigenvalue weighted by Gasteiger charge is 2.25. The summed E-state index contributed by atoms with van der Waals surface area (Å²) in [5.74, 6) is 0.579. The first-order chi connectivity index (χ1) is 9.04. The highest BCUT2D eigenvalue weighted by atomic mass is 16.5. The predicted molar refractivity (Wildman–Crippen MR) is 69.0 cm³/mol. The van der Waals surface area contributed by atoms with Crippen molar-refractivity contribution in [1.29, 1.82) is 0 Å². The van der Waals surface area contributed by atoms with Crippen LogP contribution < -0.4 is 0 Å². The molecule has 2 rings (SSSR count). The molecule has 0 N–H and O–H groups in total. The molecule has 0 aliphatic heterocycles. The number of carbonyl (C=O) groups excluding carboxylic acids is 1. The number of carbonyl (C=O) groups is 1. The van der Waals surface area contributed by atoms with Gasteiger partial charge in [-0.2, -0.15) is 0 Å². The summed E-state index contributed by atoms with van der Waals surface area (Å²) in [6, 6.07) is 1.82. The molecule has 0 bridgehead atoms. The van der Waals surface area contributed by atoms with Crippen molar-refractivity contribution in [2.24, 2.45) is 0 Å². The molecule has 0 fully saturated rings. The van der Waals surface area contributed by atoms with Gasteiger partial charge in [-0.3, -0.25) is 0 Å². The zero-order valence-corrected chi connectivity index (χ0v) is 11.5. The van der Waals surface area contributed by atoms with E-state index in [-0.39, 0.29) is 11.7 Å². The molecule has 5 nitrogen and oxygen atoms in total. The standard InChI is InChI=1S/C14H17NO4/c1-5-17-14(16)12-10(8(2)3)15-13(19-12)11-9(4)6-7-18-11/h6-8H,5H2,1-4H3. The van der Waals surface area contributed by atoms with E-state index in [0.717, 1.165) is 5.56 Å². The molecule has 0 aromatic carbocycles. The Bertz CT molecular complexity index is 580. The van der Waals surface area contributed by atoms with Crippen LogP contribution in [0, 0.1) is 6.92 Å². The number of esters is 1. The molecule has 2 aromatic rings. The number of rotatable bonds is 4. The van der Waals surface area contributed by atoms with E-state index < -0.39 is 5.97 Å². The molecular formula is C14H17NO4. The van der Waals surface area contributed by atoms with Gasteiger partial charge in [0.15, 0.2) is 5.76 Å². The molecule has 0 unspecified atom stereocenters. The van der Waals surface area contributed by atoms with E-state index >= 15 is 0 Å². The first-order valence-corrected chi connectivity index (χ1v) is 6.26. The smallest absolute Gasteiger partial charge is 0.376 e. The molecule has 0 spiro atoms. The Hall–Kier alpha value is -2.04. The number of ether oxygens (including phenoxy) is 1. The Balaban J connectivity index is 2.46. The van der Waals surface area contributed by atoms with E-state index in [1.165, 1.54) is 0 Å². The minimum Gasteiger partial charge on any atom is -0.460 e. The summed E-state index contributed by atoms with van der Waals surface area (Å²) in [4.78, 5) is 16.2. The Morgan fingerprint density at radius 1 is 1.47 bits per heavy atom. The van der Waals surface area contributed by atoms with Gasteiger partial charge in [-0.1, -0.05) is 13.8 Å². The number of nitrogens with zero attached hydrogens (tertiary/aromatic N) is 1.